The monoisotopic (exact) mass is 424 g/mol. The van der Waals surface area contributed by atoms with Crippen LogP contribution in [-0.2, 0) is 16.0 Å². The van der Waals surface area contributed by atoms with E-state index in [1.165, 1.54) is 24.2 Å². The van der Waals surface area contributed by atoms with Gasteiger partial charge in [-0.3, -0.25) is 9.59 Å². The molecular weight excluding hydrogens is 400 g/mol. The predicted octanol–water partition coefficient (Wildman–Crippen LogP) is 3.69. The molecule has 9 heteroatoms. The summed E-state index contributed by atoms with van der Waals surface area (Å²) >= 11 is 1.26. The van der Waals surface area contributed by atoms with Crippen LogP contribution < -0.4 is 10.6 Å². The second-order valence-electron chi connectivity index (χ2n) is 6.74. The molecule has 2 amide bonds. The van der Waals surface area contributed by atoms with Gasteiger partial charge in [-0.2, -0.15) is 4.68 Å². The fraction of sp³-hybridized carbons (Fsp3) is 0.286. The molecule has 0 aliphatic carbocycles. The zero-order valence-electron chi connectivity index (χ0n) is 17.0. The summed E-state index contributed by atoms with van der Waals surface area (Å²) in [6, 6.07) is 15.1. The number of nitrogens with zero attached hydrogens (tertiary/aromatic N) is 4. The Balaban J connectivity index is 1.56. The number of nitrogens with one attached hydrogen (secondary N) is 2. The molecule has 1 aromatic heterocycles. The first kappa shape index (κ1) is 21.5. The Morgan fingerprint density at radius 1 is 1.00 bits per heavy atom. The maximum Gasteiger partial charge on any atom is 0.234 e. The van der Waals surface area contributed by atoms with Gasteiger partial charge in [0.1, 0.15) is 0 Å². The maximum atomic E-state index is 12.3. The molecule has 8 nitrogen and oxygen atoms in total. The SMILES string of the molecule is CCCCc1ccc(-n2nnnc2SCC(=O)Nc2ccc(NC(C)=O)cc2)cc1. The number of rotatable bonds is 9. The van der Waals surface area contributed by atoms with Gasteiger partial charge >= 0.3 is 0 Å². The number of anilines is 2. The molecule has 1 heterocycles. The Kier molecular flexibility index (Phi) is 7.56. The van der Waals surface area contributed by atoms with Gasteiger partial charge in [0.2, 0.25) is 17.0 Å². The van der Waals surface area contributed by atoms with Gasteiger partial charge in [-0.25, -0.2) is 0 Å². The summed E-state index contributed by atoms with van der Waals surface area (Å²) in [4.78, 5) is 23.3. The number of hydrogen-bond donors (Lipinski definition) is 2. The summed E-state index contributed by atoms with van der Waals surface area (Å²) in [7, 11) is 0. The highest BCUT2D eigenvalue weighted by atomic mass is 32.2. The minimum Gasteiger partial charge on any atom is -0.326 e. The largest absolute Gasteiger partial charge is 0.326 e. The van der Waals surface area contributed by atoms with Gasteiger partial charge in [-0.15, -0.1) is 5.10 Å². The van der Waals surface area contributed by atoms with Crippen molar-refractivity contribution in [2.75, 3.05) is 16.4 Å². The van der Waals surface area contributed by atoms with Crippen molar-refractivity contribution in [3.63, 3.8) is 0 Å². The highest BCUT2D eigenvalue weighted by Crippen LogP contribution is 2.20. The third-order valence-corrected chi connectivity index (χ3v) is 5.18. The van der Waals surface area contributed by atoms with Crippen molar-refractivity contribution in [2.45, 2.75) is 38.3 Å². The van der Waals surface area contributed by atoms with Crippen LogP contribution in [0.2, 0.25) is 0 Å². The van der Waals surface area contributed by atoms with E-state index in [1.807, 2.05) is 12.1 Å². The van der Waals surface area contributed by atoms with Crippen molar-refractivity contribution in [3.05, 3.63) is 54.1 Å². The van der Waals surface area contributed by atoms with Crippen molar-refractivity contribution in [2.24, 2.45) is 0 Å². The third kappa shape index (κ3) is 6.15. The average Bonchev–Trinajstić information content (AvgIpc) is 3.21. The van der Waals surface area contributed by atoms with E-state index in [9.17, 15) is 9.59 Å². The van der Waals surface area contributed by atoms with E-state index in [1.54, 1.807) is 28.9 Å². The van der Waals surface area contributed by atoms with Crippen LogP contribution in [0.5, 0.6) is 0 Å². The first-order valence-electron chi connectivity index (χ1n) is 9.73. The van der Waals surface area contributed by atoms with Crippen LogP contribution >= 0.6 is 11.8 Å². The van der Waals surface area contributed by atoms with Crippen LogP contribution in [0.4, 0.5) is 11.4 Å². The summed E-state index contributed by atoms with van der Waals surface area (Å²) < 4.78 is 1.63. The lowest BCUT2D eigenvalue weighted by molar-refractivity contribution is -0.114. The van der Waals surface area contributed by atoms with Gasteiger partial charge < -0.3 is 10.6 Å². The first-order valence-corrected chi connectivity index (χ1v) is 10.7. The van der Waals surface area contributed by atoms with Crippen LogP contribution in [0.15, 0.2) is 53.7 Å². The Labute approximate surface area is 179 Å². The molecule has 0 aliphatic rings. The number of hydrogen-bond acceptors (Lipinski definition) is 6. The number of carbonyl (C=O) groups excluding carboxylic acids is 2. The van der Waals surface area contributed by atoms with Crippen LogP contribution in [0.3, 0.4) is 0 Å². The molecule has 156 valence electrons. The quantitative estimate of drug-likeness (QED) is 0.508. The number of carbonyl (C=O) groups is 2. The summed E-state index contributed by atoms with van der Waals surface area (Å²) in [6.45, 7) is 3.62. The van der Waals surface area contributed by atoms with E-state index in [0.717, 1.165) is 24.9 Å². The molecule has 0 spiro atoms. The van der Waals surface area contributed by atoms with E-state index in [2.05, 4.69) is 45.2 Å². The average molecular weight is 425 g/mol. The molecule has 30 heavy (non-hydrogen) atoms. The molecule has 0 unspecified atom stereocenters. The lowest BCUT2D eigenvalue weighted by Gasteiger charge is -2.08. The van der Waals surface area contributed by atoms with Crippen molar-refractivity contribution < 1.29 is 9.59 Å². The molecule has 0 fully saturated rings. The molecule has 0 saturated carbocycles. The molecule has 0 radical (unpaired) electrons. The lowest BCUT2D eigenvalue weighted by atomic mass is 10.1. The zero-order valence-corrected chi connectivity index (χ0v) is 17.8. The fourth-order valence-electron chi connectivity index (χ4n) is 2.78. The van der Waals surface area contributed by atoms with Gasteiger partial charge in [0, 0.05) is 18.3 Å². The number of amides is 2. The van der Waals surface area contributed by atoms with Crippen molar-refractivity contribution in [1.82, 2.24) is 20.2 Å². The standard InChI is InChI=1S/C21H24N6O2S/c1-3-4-5-16-6-12-19(13-7-16)27-21(24-25-26-27)30-14-20(29)23-18-10-8-17(9-11-18)22-15(2)28/h6-13H,3-5,14H2,1-2H3,(H,22,28)(H,23,29). The summed E-state index contributed by atoms with van der Waals surface area (Å²) in [5, 5.41) is 17.9. The van der Waals surface area contributed by atoms with E-state index in [4.69, 9.17) is 0 Å². The molecular formula is C21H24N6O2S. The highest BCUT2D eigenvalue weighted by molar-refractivity contribution is 7.99. The van der Waals surface area contributed by atoms with E-state index >= 15 is 0 Å². The Bertz CT molecular complexity index is 985. The Morgan fingerprint density at radius 3 is 2.30 bits per heavy atom. The van der Waals surface area contributed by atoms with E-state index in [0.29, 0.717) is 16.5 Å². The van der Waals surface area contributed by atoms with E-state index < -0.39 is 0 Å². The summed E-state index contributed by atoms with van der Waals surface area (Å²) in [5.74, 6) is -0.143. The Hall–Kier alpha value is -3.20. The van der Waals surface area contributed by atoms with Gasteiger partial charge in [-0.1, -0.05) is 37.2 Å². The molecule has 0 bridgehead atoms. The maximum absolute atomic E-state index is 12.3. The van der Waals surface area contributed by atoms with Crippen molar-refractivity contribution >= 4 is 35.0 Å². The Morgan fingerprint density at radius 2 is 1.67 bits per heavy atom. The summed E-state index contributed by atoms with van der Waals surface area (Å²) in [5.41, 5.74) is 3.47. The minimum absolute atomic E-state index is 0.142. The van der Waals surface area contributed by atoms with Crippen LogP contribution in [0.25, 0.3) is 5.69 Å². The van der Waals surface area contributed by atoms with Crippen molar-refractivity contribution in [1.29, 1.82) is 0 Å². The number of unbranched alkanes of at least 4 members (excludes halogenated alkanes) is 1. The molecule has 2 aromatic carbocycles. The normalized spacial score (nSPS) is 10.6. The number of benzene rings is 2. The smallest absolute Gasteiger partial charge is 0.234 e. The predicted molar refractivity (Wildman–Crippen MR) is 118 cm³/mol. The second kappa shape index (κ2) is 10.5. The topological polar surface area (TPSA) is 102 Å². The van der Waals surface area contributed by atoms with Crippen molar-refractivity contribution in [3.8, 4) is 5.69 Å². The van der Waals surface area contributed by atoms with Gasteiger partial charge in [0.25, 0.3) is 0 Å². The molecule has 0 aliphatic heterocycles. The number of aromatic nitrogens is 4. The van der Waals surface area contributed by atoms with Crippen LogP contribution in [0.1, 0.15) is 32.3 Å². The molecule has 0 atom stereocenters. The van der Waals surface area contributed by atoms with Gasteiger partial charge in [-0.05, 0) is 65.2 Å². The number of thioether (sulfide) groups is 1. The second-order valence-corrected chi connectivity index (χ2v) is 7.68. The van der Waals surface area contributed by atoms with Gasteiger partial charge in [0.05, 0.1) is 11.4 Å². The number of tetrazole rings is 1. The third-order valence-electron chi connectivity index (χ3n) is 4.26. The molecule has 3 rings (SSSR count). The molecule has 2 N–H and O–H groups in total. The minimum atomic E-state index is -0.170. The molecule has 3 aromatic rings. The first-order chi connectivity index (χ1) is 14.5. The van der Waals surface area contributed by atoms with Gasteiger partial charge in [0.15, 0.2) is 0 Å². The van der Waals surface area contributed by atoms with E-state index in [-0.39, 0.29) is 17.6 Å². The lowest BCUT2D eigenvalue weighted by Crippen LogP contribution is -2.14. The molecule has 0 saturated heterocycles. The fourth-order valence-corrected chi connectivity index (χ4v) is 3.47. The highest BCUT2D eigenvalue weighted by Gasteiger charge is 2.12. The van der Waals surface area contributed by atoms with Crippen LogP contribution in [0, 0.1) is 0 Å². The number of aryl methyl sites for hydroxylation is 1. The van der Waals surface area contributed by atoms with Crippen LogP contribution in [-0.4, -0.2) is 37.8 Å². The summed E-state index contributed by atoms with van der Waals surface area (Å²) in [6.07, 6.45) is 3.38. The zero-order chi connectivity index (χ0) is 21.3.